The molecular formula is C11H18N2O. The lowest BCUT2D eigenvalue weighted by Gasteiger charge is -2.24. The van der Waals surface area contributed by atoms with Crippen LogP contribution in [0.1, 0.15) is 18.5 Å². The van der Waals surface area contributed by atoms with Crippen molar-refractivity contribution in [2.45, 2.75) is 13.0 Å². The average molecular weight is 194 g/mol. The minimum atomic E-state index is 0.194. The molecule has 14 heavy (non-hydrogen) atoms. The third-order valence-electron chi connectivity index (χ3n) is 2.53. The number of nitrogens with two attached hydrogens (primary N) is 1. The predicted molar refractivity (Wildman–Crippen MR) is 58.2 cm³/mol. The van der Waals surface area contributed by atoms with Gasteiger partial charge in [-0.3, -0.25) is 4.90 Å². The zero-order chi connectivity index (χ0) is 10.6. The van der Waals surface area contributed by atoms with Crippen LogP contribution in [0.3, 0.4) is 0 Å². The molecule has 3 nitrogen and oxygen atoms in total. The molecule has 1 rings (SSSR count). The molecule has 0 aliphatic carbocycles. The molecular weight excluding hydrogens is 176 g/mol. The van der Waals surface area contributed by atoms with Gasteiger partial charge in [0.1, 0.15) is 5.75 Å². The van der Waals surface area contributed by atoms with Crippen molar-refractivity contribution in [2.24, 2.45) is 5.73 Å². The summed E-state index contributed by atoms with van der Waals surface area (Å²) >= 11 is 0. The summed E-state index contributed by atoms with van der Waals surface area (Å²) in [5.41, 5.74) is 6.43. The van der Waals surface area contributed by atoms with E-state index in [9.17, 15) is 5.11 Å². The summed E-state index contributed by atoms with van der Waals surface area (Å²) in [5, 5.41) is 9.64. The van der Waals surface area contributed by atoms with Gasteiger partial charge in [0.15, 0.2) is 0 Å². The van der Waals surface area contributed by atoms with Crippen molar-refractivity contribution >= 4 is 0 Å². The number of likely N-dealkylation sites (N-methyl/N-ethyl adjacent to an activating group) is 1. The molecule has 0 heterocycles. The van der Waals surface area contributed by atoms with Crippen molar-refractivity contribution in [3.63, 3.8) is 0 Å². The smallest absolute Gasteiger partial charge is 0.120 e. The Bertz CT molecular complexity index is 288. The zero-order valence-electron chi connectivity index (χ0n) is 8.77. The van der Waals surface area contributed by atoms with Gasteiger partial charge in [-0.15, -0.1) is 0 Å². The Morgan fingerprint density at radius 1 is 1.43 bits per heavy atom. The van der Waals surface area contributed by atoms with Gasteiger partial charge >= 0.3 is 0 Å². The largest absolute Gasteiger partial charge is 0.508 e. The highest BCUT2D eigenvalue weighted by molar-refractivity contribution is 5.34. The van der Waals surface area contributed by atoms with Crippen molar-refractivity contribution in [2.75, 3.05) is 20.1 Å². The highest BCUT2D eigenvalue weighted by Gasteiger charge is 2.13. The van der Waals surface area contributed by atoms with Gasteiger partial charge in [-0.2, -0.15) is 0 Å². The molecule has 3 N–H and O–H groups in total. The molecule has 0 spiro atoms. The van der Waals surface area contributed by atoms with Gasteiger partial charge in [0.05, 0.1) is 0 Å². The van der Waals surface area contributed by atoms with Crippen LogP contribution in [0.4, 0.5) is 0 Å². The Hall–Kier alpha value is -1.06. The Kier molecular flexibility index (Phi) is 3.92. The second-order valence-electron chi connectivity index (χ2n) is 3.50. The SMILES string of the molecule is CC(c1ccccc1O)N(C)CCN. The van der Waals surface area contributed by atoms with Gasteiger partial charge in [0, 0.05) is 24.7 Å². The molecule has 0 bridgehead atoms. The van der Waals surface area contributed by atoms with E-state index in [0.717, 1.165) is 12.1 Å². The first-order valence-electron chi connectivity index (χ1n) is 4.85. The van der Waals surface area contributed by atoms with Gasteiger partial charge in [0.2, 0.25) is 0 Å². The van der Waals surface area contributed by atoms with Gasteiger partial charge in [-0.05, 0) is 20.0 Å². The second-order valence-corrected chi connectivity index (χ2v) is 3.50. The standard InChI is InChI=1S/C11H18N2O/c1-9(13(2)8-7-12)10-5-3-4-6-11(10)14/h3-6,9,14H,7-8,12H2,1-2H3. The van der Waals surface area contributed by atoms with Crippen LogP contribution in [0.15, 0.2) is 24.3 Å². The second kappa shape index (κ2) is 4.98. The van der Waals surface area contributed by atoms with Crippen molar-refractivity contribution in [1.29, 1.82) is 0 Å². The third kappa shape index (κ3) is 2.47. The fourth-order valence-electron chi connectivity index (χ4n) is 1.48. The number of benzene rings is 1. The lowest BCUT2D eigenvalue weighted by Crippen LogP contribution is -2.28. The first-order valence-corrected chi connectivity index (χ1v) is 4.85. The lowest BCUT2D eigenvalue weighted by atomic mass is 10.1. The van der Waals surface area contributed by atoms with Crippen LogP contribution >= 0.6 is 0 Å². The fourth-order valence-corrected chi connectivity index (χ4v) is 1.48. The normalized spacial score (nSPS) is 13.1. The molecule has 1 aromatic rings. The average Bonchev–Trinajstić information content (AvgIpc) is 2.18. The Morgan fingerprint density at radius 3 is 2.64 bits per heavy atom. The zero-order valence-corrected chi connectivity index (χ0v) is 8.77. The third-order valence-corrected chi connectivity index (χ3v) is 2.53. The van der Waals surface area contributed by atoms with E-state index in [1.165, 1.54) is 0 Å². The first kappa shape index (κ1) is 11.0. The van der Waals surface area contributed by atoms with Crippen LogP contribution in [0.2, 0.25) is 0 Å². The van der Waals surface area contributed by atoms with Crippen molar-refractivity contribution in [3.8, 4) is 5.75 Å². The van der Waals surface area contributed by atoms with Crippen LogP contribution in [0.25, 0.3) is 0 Å². The minimum Gasteiger partial charge on any atom is -0.508 e. The molecule has 0 aromatic heterocycles. The summed E-state index contributed by atoms with van der Waals surface area (Å²) in [4.78, 5) is 2.12. The topological polar surface area (TPSA) is 49.5 Å². The molecule has 1 aromatic carbocycles. The van der Waals surface area contributed by atoms with E-state index in [1.807, 2.05) is 25.2 Å². The summed E-state index contributed by atoms with van der Waals surface area (Å²) in [6.07, 6.45) is 0. The summed E-state index contributed by atoms with van der Waals surface area (Å²) in [6.45, 7) is 3.52. The molecule has 1 unspecified atom stereocenters. The molecule has 0 radical (unpaired) electrons. The molecule has 0 fully saturated rings. The van der Waals surface area contributed by atoms with Gasteiger partial charge in [-0.25, -0.2) is 0 Å². The Labute approximate surface area is 85.2 Å². The van der Waals surface area contributed by atoms with E-state index in [1.54, 1.807) is 6.07 Å². The van der Waals surface area contributed by atoms with E-state index < -0.39 is 0 Å². The maximum atomic E-state index is 9.64. The number of hydrogen-bond acceptors (Lipinski definition) is 3. The van der Waals surface area contributed by atoms with Crippen molar-refractivity contribution < 1.29 is 5.11 Å². The Morgan fingerprint density at radius 2 is 2.07 bits per heavy atom. The molecule has 0 aliphatic rings. The van der Waals surface area contributed by atoms with Crippen LogP contribution in [-0.4, -0.2) is 30.1 Å². The molecule has 3 heteroatoms. The molecule has 0 amide bonds. The van der Waals surface area contributed by atoms with Crippen LogP contribution in [0, 0.1) is 0 Å². The lowest BCUT2D eigenvalue weighted by molar-refractivity contribution is 0.263. The van der Waals surface area contributed by atoms with E-state index >= 15 is 0 Å². The monoisotopic (exact) mass is 194 g/mol. The minimum absolute atomic E-state index is 0.194. The van der Waals surface area contributed by atoms with Crippen molar-refractivity contribution in [3.05, 3.63) is 29.8 Å². The number of hydrogen-bond donors (Lipinski definition) is 2. The van der Waals surface area contributed by atoms with Crippen LogP contribution in [0.5, 0.6) is 5.75 Å². The highest BCUT2D eigenvalue weighted by atomic mass is 16.3. The predicted octanol–water partition coefficient (Wildman–Crippen LogP) is 1.34. The highest BCUT2D eigenvalue weighted by Crippen LogP contribution is 2.26. The van der Waals surface area contributed by atoms with E-state index in [2.05, 4.69) is 11.8 Å². The maximum Gasteiger partial charge on any atom is 0.120 e. The summed E-state index contributed by atoms with van der Waals surface area (Å²) in [5.74, 6) is 0.351. The molecule has 0 aliphatic heterocycles. The number of nitrogens with zero attached hydrogens (tertiary/aromatic N) is 1. The maximum absolute atomic E-state index is 9.64. The van der Waals surface area contributed by atoms with E-state index in [-0.39, 0.29) is 6.04 Å². The summed E-state index contributed by atoms with van der Waals surface area (Å²) < 4.78 is 0. The molecule has 0 saturated heterocycles. The number of aromatic hydroxyl groups is 1. The molecule has 0 saturated carbocycles. The van der Waals surface area contributed by atoms with Gasteiger partial charge in [0.25, 0.3) is 0 Å². The molecule has 78 valence electrons. The van der Waals surface area contributed by atoms with E-state index in [0.29, 0.717) is 12.3 Å². The first-order chi connectivity index (χ1) is 6.66. The quantitative estimate of drug-likeness (QED) is 0.760. The molecule has 1 atom stereocenters. The number of phenolic OH excluding ortho intramolecular Hbond substituents is 1. The van der Waals surface area contributed by atoms with Gasteiger partial charge < -0.3 is 10.8 Å². The summed E-state index contributed by atoms with van der Waals surface area (Å²) in [7, 11) is 2.00. The fraction of sp³-hybridized carbons (Fsp3) is 0.455. The number of phenols is 1. The summed E-state index contributed by atoms with van der Waals surface area (Å²) in [6, 6.07) is 7.60. The number of rotatable bonds is 4. The van der Waals surface area contributed by atoms with Crippen LogP contribution < -0.4 is 5.73 Å². The van der Waals surface area contributed by atoms with E-state index in [4.69, 9.17) is 5.73 Å². The Balaban J connectivity index is 2.78. The number of para-hydroxylation sites is 1. The van der Waals surface area contributed by atoms with Crippen molar-refractivity contribution in [1.82, 2.24) is 4.90 Å². The van der Waals surface area contributed by atoms with Gasteiger partial charge in [-0.1, -0.05) is 18.2 Å². The van der Waals surface area contributed by atoms with Crippen LogP contribution in [-0.2, 0) is 0 Å².